The summed E-state index contributed by atoms with van der Waals surface area (Å²) < 4.78 is 5.23. The van der Waals surface area contributed by atoms with Gasteiger partial charge in [-0.05, 0) is 47.9 Å². The fourth-order valence-corrected chi connectivity index (χ4v) is 4.08. The number of hydrogen-bond acceptors (Lipinski definition) is 3. The number of anilines is 1. The first kappa shape index (κ1) is 24.7. The second kappa shape index (κ2) is 11.8. The molecule has 0 aliphatic carbocycles. The Labute approximate surface area is 212 Å². The van der Waals surface area contributed by atoms with Crippen LogP contribution in [0.4, 0.5) is 5.69 Å². The van der Waals surface area contributed by atoms with E-state index in [2.05, 4.69) is 5.32 Å². The van der Waals surface area contributed by atoms with Gasteiger partial charge in [0.1, 0.15) is 11.8 Å². The van der Waals surface area contributed by atoms with E-state index in [1.165, 1.54) is 0 Å². The third kappa shape index (κ3) is 6.39. The largest absolute Gasteiger partial charge is 0.497 e. The molecule has 0 spiro atoms. The van der Waals surface area contributed by atoms with E-state index in [0.717, 1.165) is 22.3 Å². The van der Waals surface area contributed by atoms with Crippen molar-refractivity contribution in [1.29, 1.82) is 0 Å². The number of rotatable bonds is 9. The van der Waals surface area contributed by atoms with E-state index in [0.29, 0.717) is 18.0 Å². The number of nitrogens with one attached hydrogen (secondary N) is 1. The van der Waals surface area contributed by atoms with Crippen molar-refractivity contribution in [2.24, 2.45) is 0 Å². The molecule has 182 valence electrons. The van der Waals surface area contributed by atoms with Crippen LogP contribution < -0.4 is 10.1 Å². The monoisotopic (exact) mass is 478 g/mol. The van der Waals surface area contributed by atoms with Gasteiger partial charge in [-0.25, -0.2) is 0 Å². The summed E-state index contributed by atoms with van der Waals surface area (Å²) in [5.74, 6) is 0.298. The molecule has 5 heteroatoms. The van der Waals surface area contributed by atoms with Gasteiger partial charge in [-0.1, -0.05) is 90.5 Å². The number of methoxy groups -OCH3 is 1. The summed E-state index contributed by atoms with van der Waals surface area (Å²) in [6.45, 7) is 2.33. The van der Waals surface area contributed by atoms with Crippen LogP contribution in [0.2, 0.25) is 0 Å². The van der Waals surface area contributed by atoms with Crippen molar-refractivity contribution in [3.8, 4) is 5.75 Å². The Bertz CT molecular complexity index is 1270. The Kier molecular flexibility index (Phi) is 8.14. The molecule has 4 aromatic carbocycles. The summed E-state index contributed by atoms with van der Waals surface area (Å²) in [4.78, 5) is 29.2. The molecule has 1 N–H and O–H groups in total. The van der Waals surface area contributed by atoms with Crippen molar-refractivity contribution >= 4 is 17.5 Å². The fraction of sp³-hybridized carbons (Fsp3) is 0.161. The van der Waals surface area contributed by atoms with Crippen LogP contribution in [0.25, 0.3) is 0 Å². The van der Waals surface area contributed by atoms with Gasteiger partial charge in [0.05, 0.1) is 13.5 Å². The number of nitrogens with zero attached hydrogens (tertiary/aromatic N) is 1. The molecule has 36 heavy (non-hydrogen) atoms. The zero-order chi connectivity index (χ0) is 25.3. The van der Waals surface area contributed by atoms with Gasteiger partial charge in [0.2, 0.25) is 5.91 Å². The van der Waals surface area contributed by atoms with Gasteiger partial charge in [-0.3, -0.25) is 9.59 Å². The van der Waals surface area contributed by atoms with Crippen LogP contribution >= 0.6 is 0 Å². The van der Waals surface area contributed by atoms with Gasteiger partial charge >= 0.3 is 0 Å². The third-order valence-electron chi connectivity index (χ3n) is 6.02. The molecular formula is C31H30N2O3. The Hall–Kier alpha value is -4.38. The highest BCUT2D eigenvalue weighted by Gasteiger charge is 2.31. The van der Waals surface area contributed by atoms with Gasteiger partial charge in [0.25, 0.3) is 5.91 Å². The molecule has 0 radical (unpaired) electrons. The lowest BCUT2D eigenvalue weighted by Gasteiger charge is -2.32. The smallest absolute Gasteiger partial charge is 0.251 e. The second-order valence-corrected chi connectivity index (χ2v) is 8.70. The molecule has 1 unspecified atom stereocenters. The maximum Gasteiger partial charge on any atom is 0.251 e. The van der Waals surface area contributed by atoms with Crippen molar-refractivity contribution in [2.45, 2.75) is 25.9 Å². The molecule has 5 nitrogen and oxygen atoms in total. The minimum absolute atomic E-state index is 0.125. The van der Waals surface area contributed by atoms with E-state index in [-0.39, 0.29) is 18.2 Å². The van der Waals surface area contributed by atoms with E-state index in [4.69, 9.17) is 4.74 Å². The van der Waals surface area contributed by atoms with Gasteiger partial charge < -0.3 is 15.0 Å². The third-order valence-corrected chi connectivity index (χ3v) is 6.02. The predicted molar refractivity (Wildman–Crippen MR) is 143 cm³/mol. The standard InChI is InChI=1S/C31H30N2O3/c1-23-13-15-25(16-14-23)22-33(29(34)21-24-9-5-3-6-10-24)30(26-11-7-4-8-12-26)31(35)32-27-17-19-28(36-2)20-18-27/h3-20,30H,21-22H2,1-2H3,(H,32,35). The number of benzene rings is 4. The normalized spacial score (nSPS) is 11.4. The minimum atomic E-state index is -0.814. The minimum Gasteiger partial charge on any atom is -0.497 e. The van der Waals surface area contributed by atoms with Crippen LogP contribution in [0.1, 0.15) is 28.3 Å². The topological polar surface area (TPSA) is 58.6 Å². The Morgan fingerprint density at radius 2 is 1.39 bits per heavy atom. The summed E-state index contributed by atoms with van der Waals surface area (Å²) in [5.41, 5.74) is 4.38. The lowest BCUT2D eigenvalue weighted by atomic mass is 10.0. The molecule has 0 aromatic heterocycles. The van der Waals surface area contributed by atoms with E-state index in [9.17, 15) is 9.59 Å². The van der Waals surface area contributed by atoms with Crippen molar-refractivity contribution in [2.75, 3.05) is 12.4 Å². The first-order valence-electron chi connectivity index (χ1n) is 11.9. The lowest BCUT2D eigenvalue weighted by Crippen LogP contribution is -2.41. The van der Waals surface area contributed by atoms with Gasteiger partial charge in [0, 0.05) is 12.2 Å². The molecule has 0 saturated heterocycles. The number of amides is 2. The SMILES string of the molecule is COc1ccc(NC(=O)C(c2ccccc2)N(Cc2ccc(C)cc2)C(=O)Cc2ccccc2)cc1. The fourth-order valence-electron chi connectivity index (χ4n) is 4.08. The Morgan fingerprint density at radius 1 is 0.778 bits per heavy atom. The maximum atomic E-state index is 13.8. The number of aryl methyl sites for hydroxylation is 1. The first-order valence-corrected chi connectivity index (χ1v) is 11.9. The predicted octanol–water partition coefficient (Wildman–Crippen LogP) is 5.95. The van der Waals surface area contributed by atoms with Crippen LogP contribution in [0.5, 0.6) is 5.75 Å². The molecule has 4 rings (SSSR count). The molecular weight excluding hydrogens is 448 g/mol. The average molecular weight is 479 g/mol. The van der Waals surface area contributed by atoms with Crippen LogP contribution in [0.15, 0.2) is 109 Å². The van der Waals surface area contributed by atoms with Crippen LogP contribution in [-0.2, 0) is 22.6 Å². The molecule has 1 atom stereocenters. The summed E-state index contributed by atoms with van der Waals surface area (Å²) in [7, 11) is 1.60. The summed E-state index contributed by atoms with van der Waals surface area (Å²) >= 11 is 0. The van der Waals surface area contributed by atoms with E-state index in [1.807, 2.05) is 91.9 Å². The van der Waals surface area contributed by atoms with Gasteiger partial charge in [-0.15, -0.1) is 0 Å². The summed E-state index contributed by atoms with van der Waals surface area (Å²) in [6, 6.07) is 33.4. The number of hydrogen-bond donors (Lipinski definition) is 1. The molecule has 0 aliphatic rings. The highest BCUT2D eigenvalue weighted by molar-refractivity contribution is 5.98. The highest BCUT2D eigenvalue weighted by Crippen LogP contribution is 2.27. The first-order chi connectivity index (χ1) is 17.5. The van der Waals surface area contributed by atoms with E-state index >= 15 is 0 Å². The van der Waals surface area contributed by atoms with Gasteiger partial charge in [0.15, 0.2) is 0 Å². The zero-order valence-corrected chi connectivity index (χ0v) is 20.6. The van der Waals surface area contributed by atoms with Crippen LogP contribution in [-0.4, -0.2) is 23.8 Å². The molecule has 4 aromatic rings. The van der Waals surface area contributed by atoms with Crippen molar-refractivity contribution in [3.63, 3.8) is 0 Å². The van der Waals surface area contributed by atoms with Crippen LogP contribution in [0, 0.1) is 6.92 Å². The van der Waals surface area contributed by atoms with Crippen molar-refractivity contribution in [1.82, 2.24) is 4.90 Å². The Balaban J connectivity index is 1.70. The number of ether oxygens (including phenoxy) is 1. The van der Waals surface area contributed by atoms with Crippen LogP contribution in [0.3, 0.4) is 0 Å². The van der Waals surface area contributed by atoms with Crippen molar-refractivity contribution in [3.05, 3.63) is 131 Å². The van der Waals surface area contributed by atoms with E-state index < -0.39 is 6.04 Å². The molecule has 0 fully saturated rings. The molecule has 0 saturated carbocycles. The summed E-state index contributed by atoms with van der Waals surface area (Å²) in [6.07, 6.45) is 0.200. The molecule has 0 heterocycles. The maximum absolute atomic E-state index is 13.8. The Morgan fingerprint density at radius 3 is 2.00 bits per heavy atom. The average Bonchev–Trinajstić information content (AvgIpc) is 2.91. The molecule has 0 bridgehead atoms. The lowest BCUT2D eigenvalue weighted by molar-refractivity contribution is -0.139. The molecule has 0 aliphatic heterocycles. The zero-order valence-electron chi connectivity index (χ0n) is 20.6. The second-order valence-electron chi connectivity index (χ2n) is 8.70. The van der Waals surface area contributed by atoms with E-state index in [1.54, 1.807) is 36.3 Å². The number of carbonyl (C=O) groups excluding carboxylic acids is 2. The quantitative estimate of drug-likeness (QED) is 0.323. The molecule has 2 amide bonds. The number of carbonyl (C=O) groups is 2. The van der Waals surface area contributed by atoms with Crippen molar-refractivity contribution < 1.29 is 14.3 Å². The summed E-state index contributed by atoms with van der Waals surface area (Å²) in [5, 5.41) is 3.00. The van der Waals surface area contributed by atoms with Gasteiger partial charge in [-0.2, -0.15) is 0 Å². The highest BCUT2D eigenvalue weighted by atomic mass is 16.5.